The summed E-state index contributed by atoms with van der Waals surface area (Å²) in [5, 5.41) is 7.29. The Bertz CT molecular complexity index is 482. The number of rotatable bonds is 4. The SMILES string of the molecule is CC(C)n1ncnc1CNC1CCC(=O)N(C)C1=O. The van der Waals surface area contributed by atoms with Crippen LogP contribution in [0.25, 0.3) is 0 Å². The Balaban J connectivity index is 1.97. The standard InChI is InChI=1S/C12H19N5O2/c1-8(2)17-10(14-7-15-17)6-13-9-4-5-11(18)16(3)12(9)19/h7-9,13H,4-6H2,1-3H3. The van der Waals surface area contributed by atoms with Crippen LogP contribution in [0.15, 0.2) is 6.33 Å². The molecule has 0 aromatic carbocycles. The second-order valence-corrected chi connectivity index (χ2v) is 4.98. The maximum absolute atomic E-state index is 11.9. The Kier molecular flexibility index (Phi) is 3.94. The van der Waals surface area contributed by atoms with Gasteiger partial charge in [-0.15, -0.1) is 0 Å². The summed E-state index contributed by atoms with van der Waals surface area (Å²) in [4.78, 5) is 28.7. The van der Waals surface area contributed by atoms with E-state index in [0.717, 1.165) is 5.82 Å². The minimum absolute atomic E-state index is 0.117. The van der Waals surface area contributed by atoms with Crippen molar-refractivity contribution in [3.05, 3.63) is 12.2 Å². The Morgan fingerprint density at radius 1 is 1.47 bits per heavy atom. The van der Waals surface area contributed by atoms with Crippen LogP contribution in [0.1, 0.15) is 38.6 Å². The van der Waals surface area contributed by atoms with Gasteiger partial charge in [-0.3, -0.25) is 19.8 Å². The van der Waals surface area contributed by atoms with Crippen molar-refractivity contribution < 1.29 is 9.59 Å². The van der Waals surface area contributed by atoms with Gasteiger partial charge in [-0.05, 0) is 20.3 Å². The summed E-state index contributed by atoms with van der Waals surface area (Å²) >= 11 is 0. The van der Waals surface area contributed by atoms with Crippen LogP contribution in [0.3, 0.4) is 0 Å². The quantitative estimate of drug-likeness (QED) is 0.781. The van der Waals surface area contributed by atoms with Crippen molar-refractivity contribution in [3.8, 4) is 0 Å². The third-order valence-electron chi connectivity index (χ3n) is 3.29. The number of hydrogen-bond donors (Lipinski definition) is 1. The van der Waals surface area contributed by atoms with Gasteiger partial charge in [-0.1, -0.05) is 0 Å². The molecule has 104 valence electrons. The van der Waals surface area contributed by atoms with Gasteiger partial charge in [0.05, 0.1) is 12.6 Å². The highest BCUT2D eigenvalue weighted by Crippen LogP contribution is 2.12. The number of likely N-dealkylation sites (tertiary alicyclic amines) is 1. The average Bonchev–Trinajstić information content (AvgIpc) is 2.84. The van der Waals surface area contributed by atoms with E-state index in [-0.39, 0.29) is 23.9 Å². The molecular weight excluding hydrogens is 246 g/mol. The van der Waals surface area contributed by atoms with E-state index >= 15 is 0 Å². The zero-order chi connectivity index (χ0) is 14.0. The molecule has 0 radical (unpaired) electrons. The number of aromatic nitrogens is 3. The highest BCUT2D eigenvalue weighted by Gasteiger charge is 2.31. The summed E-state index contributed by atoms with van der Waals surface area (Å²) in [7, 11) is 1.52. The van der Waals surface area contributed by atoms with Gasteiger partial charge in [0.1, 0.15) is 12.2 Å². The third kappa shape index (κ3) is 2.81. The number of carbonyl (C=O) groups is 2. The minimum Gasteiger partial charge on any atom is -0.299 e. The van der Waals surface area contributed by atoms with E-state index in [1.807, 2.05) is 18.5 Å². The molecule has 1 saturated heterocycles. The van der Waals surface area contributed by atoms with Crippen molar-refractivity contribution in [3.63, 3.8) is 0 Å². The topological polar surface area (TPSA) is 80.1 Å². The molecule has 0 bridgehead atoms. The van der Waals surface area contributed by atoms with E-state index in [4.69, 9.17) is 0 Å². The van der Waals surface area contributed by atoms with E-state index in [0.29, 0.717) is 19.4 Å². The van der Waals surface area contributed by atoms with Crippen molar-refractivity contribution >= 4 is 11.8 Å². The number of carbonyl (C=O) groups excluding carboxylic acids is 2. The number of nitrogens with zero attached hydrogens (tertiary/aromatic N) is 4. The molecule has 7 nitrogen and oxygen atoms in total. The first-order valence-corrected chi connectivity index (χ1v) is 6.43. The zero-order valence-electron chi connectivity index (χ0n) is 11.5. The first-order chi connectivity index (χ1) is 9.00. The number of hydrogen-bond acceptors (Lipinski definition) is 5. The van der Waals surface area contributed by atoms with Crippen LogP contribution in [-0.4, -0.2) is 44.6 Å². The molecule has 1 aromatic heterocycles. The van der Waals surface area contributed by atoms with Gasteiger partial charge >= 0.3 is 0 Å². The number of imide groups is 1. The summed E-state index contributed by atoms with van der Waals surface area (Å²) in [5.74, 6) is 0.502. The maximum atomic E-state index is 11.9. The normalized spacial score (nSPS) is 20.4. The lowest BCUT2D eigenvalue weighted by Gasteiger charge is -2.28. The number of likely N-dealkylation sites (N-methyl/N-ethyl adjacent to an activating group) is 1. The second kappa shape index (κ2) is 5.48. The lowest BCUT2D eigenvalue weighted by molar-refractivity contribution is -0.148. The average molecular weight is 265 g/mol. The van der Waals surface area contributed by atoms with E-state index < -0.39 is 0 Å². The summed E-state index contributed by atoms with van der Waals surface area (Å²) in [5.41, 5.74) is 0. The Morgan fingerprint density at radius 3 is 2.89 bits per heavy atom. The molecule has 1 unspecified atom stereocenters. The van der Waals surface area contributed by atoms with Crippen molar-refractivity contribution in [2.75, 3.05) is 7.05 Å². The van der Waals surface area contributed by atoms with Crippen LogP contribution in [0.2, 0.25) is 0 Å². The van der Waals surface area contributed by atoms with Crippen molar-refractivity contribution in [2.45, 2.75) is 45.3 Å². The lowest BCUT2D eigenvalue weighted by Crippen LogP contribution is -2.51. The molecule has 1 aliphatic rings. The van der Waals surface area contributed by atoms with Gasteiger partial charge in [0.2, 0.25) is 11.8 Å². The molecule has 2 heterocycles. The van der Waals surface area contributed by atoms with Gasteiger partial charge < -0.3 is 0 Å². The molecule has 0 saturated carbocycles. The van der Waals surface area contributed by atoms with E-state index in [2.05, 4.69) is 15.4 Å². The smallest absolute Gasteiger partial charge is 0.246 e. The molecule has 2 amide bonds. The molecule has 1 atom stereocenters. The monoisotopic (exact) mass is 265 g/mol. The van der Waals surface area contributed by atoms with Crippen LogP contribution < -0.4 is 5.32 Å². The fourth-order valence-electron chi connectivity index (χ4n) is 2.15. The molecule has 1 aliphatic heterocycles. The highest BCUT2D eigenvalue weighted by molar-refractivity contribution is 6.00. The lowest BCUT2D eigenvalue weighted by atomic mass is 10.0. The van der Waals surface area contributed by atoms with Gasteiger partial charge in [0, 0.05) is 19.5 Å². The second-order valence-electron chi connectivity index (χ2n) is 4.98. The van der Waals surface area contributed by atoms with Crippen molar-refractivity contribution in [1.82, 2.24) is 25.0 Å². The van der Waals surface area contributed by atoms with Crippen molar-refractivity contribution in [1.29, 1.82) is 0 Å². The molecule has 1 N–H and O–H groups in total. The first-order valence-electron chi connectivity index (χ1n) is 6.43. The van der Waals surface area contributed by atoms with Gasteiger partial charge in [0.25, 0.3) is 0 Å². The van der Waals surface area contributed by atoms with Gasteiger partial charge in [0.15, 0.2) is 0 Å². The van der Waals surface area contributed by atoms with E-state index in [9.17, 15) is 9.59 Å². The molecule has 0 spiro atoms. The fraction of sp³-hybridized carbons (Fsp3) is 0.667. The van der Waals surface area contributed by atoms with Crippen molar-refractivity contribution in [2.24, 2.45) is 0 Å². The van der Waals surface area contributed by atoms with E-state index in [1.54, 1.807) is 0 Å². The summed E-state index contributed by atoms with van der Waals surface area (Å²) in [6, 6.07) is -0.0920. The van der Waals surface area contributed by atoms with Crippen LogP contribution in [-0.2, 0) is 16.1 Å². The van der Waals surface area contributed by atoms with Crippen LogP contribution in [0.5, 0.6) is 0 Å². The number of nitrogens with one attached hydrogen (secondary N) is 1. The third-order valence-corrected chi connectivity index (χ3v) is 3.29. The molecule has 1 fully saturated rings. The Labute approximate surface area is 112 Å². The van der Waals surface area contributed by atoms with Crippen LogP contribution in [0.4, 0.5) is 0 Å². The van der Waals surface area contributed by atoms with Crippen LogP contribution in [0, 0.1) is 0 Å². The highest BCUT2D eigenvalue weighted by atomic mass is 16.2. The summed E-state index contributed by atoms with van der Waals surface area (Å²) in [6.45, 7) is 4.52. The first kappa shape index (κ1) is 13.7. The molecule has 0 aliphatic carbocycles. The van der Waals surface area contributed by atoms with Gasteiger partial charge in [-0.25, -0.2) is 9.67 Å². The van der Waals surface area contributed by atoms with Gasteiger partial charge in [-0.2, -0.15) is 5.10 Å². The molecule has 1 aromatic rings. The Morgan fingerprint density at radius 2 is 2.21 bits per heavy atom. The zero-order valence-corrected chi connectivity index (χ0v) is 11.5. The number of amides is 2. The predicted octanol–water partition coefficient (Wildman–Crippen LogP) is 0.0960. The Hall–Kier alpha value is -1.76. The number of piperidine rings is 1. The maximum Gasteiger partial charge on any atom is 0.246 e. The predicted molar refractivity (Wildman–Crippen MR) is 68.0 cm³/mol. The molecular formula is C12H19N5O2. The van der Waals surface area contributed by atoms with Crippen LogP contribution >= 0.6 is 0 Å². The molecule has 2 rings (SSSR count). The minimum atomic E-state index is -0.319. The fourth-order valence-corrected chi connectivity index (χ4v) is 2.15. The summed E-state index contributed by atoms with van der Waals surface area (Å²) in [6.07, 6.45) is 2.45. The largest absolute Gasteiger partial charge is 0.299 e. The molecule has 7 heteroatoms. The van der Waals surface area contributed by atoms with E-state index in [1.165, 1.54) is 18.3 Å². The summed E-state index contributed by atoms with van der Waals surface area (Å²) < 4.78 is 1.81. The molecule has 19 heavy (non-hydrogen) atoms.